The molecular weight excluding hydrogens is 232 g/mol. The van der Waals surface area contributed by atoms with E-state index < -0.39 is 0 Å². The van der Waals surface area contributed by atoms with Crippen molar-refractivity contribution in [3.05, 3.63) is 47.6 Å². The van der Waals surface area contributed by atoms with Crippen molar-refractivity contribution in [3.8, 4) is 5.75 Å². The molecule has 1 aliphatic carbocycles. The van der Waals surface area contributed by atoms with Gasteiger partial charge in [-0.2, -0.15) is 0 Å². The standard InChI is InChI=1S/C18H24O/c1-13(2)17-11-10-16(12-18(17)19-14(3)4)15-8-6-5-7-9-15/h6,8-14H,5,7H2,1-4H3. The highest BCUT2D eigenvalue weighted by atomic mass is 16.5. The van der Waals surface area contributed by atoms with Crippen molar-refractivity contribution in [2.45, 2.75) is 52.6 Å². The van der Waals surface area contributed by atoms with Crippen LogP contribution < -0.4 is 4.74 Å². The third-order valence-corrected chi connectivity index (χ3v) is 3.33. The summed E-state index contributed by atoms with van der Waals surface area (Å²) in [4.78, 5) is 0. The summed E-state index contributed by atoms with van der Waals surface area (Å²) in [6.07, 6.45) is 9.27. The van der Waals surface area contributed by atoms with Crippen LogP contribution in [0.15, 0.2) is 36.4 Å². The van der Waals surface area contributed by atoms with Gasteiger partial charge in [-0.05, 0) is 55.4 Å². The molecule has 0 aromatic heterocycles. The van der Waals surface area contributed by atoms with E-state index in [9.17, 15) is 0 Å². The SMILES string of the molecule is CC(C)Oc1cc(C2=CCCC=C2)ccc1C(C)C. The van der Waals surface area contributed by atoms with Crippen molar-refractivity contribution in [2.75, 3.05) is 0 Å². The van der Waals surface area contributed by atoms with Crippen LogP contribution in [0, 0.1) is 0 Å². The molecule has 0 saturated carbocycles. The first-order valence-electron chi connectivity index (χ1n) is 7.25. The van der Waals surface area contributed by atoms with E-state index in [1.54, 1.807) is 0 Å². The summed E-state index contributed by atoms with van der Waals surface area (Å²) < 4.78 is 5.99. The number of rotatable bonds is 4. The Morgan fingerprint density at radius 3 is 2.42 bits per heavy atom. The van der Waals surface area contributed by atoms with E-state index in [2.05, 4.69) is 64.1 Å². The topological polar surface area (TPSA) is 9.23 Å². The number of allylic oxidation sites excluding steroid dienone is 4. The second kappa shape index (κ2) is 6.10. The number of ether oxygens (including phenoxy) is 1. The lowest BCUT2D eigenvalue weighted by molar-refractivity contribution is 0.239. The van der Waals surface area contributed by atoms with E-state index in [-0.39, 0.29) is 6.10 Å². The van der Waals surface area contributed by atoms with Crippen LogP contribution in [0.25, 0.3) is 5.57 Å². The largest absolute Gasteiger partial charge is 0.491 e. The normalized spacial score (nSPS) is 14.9. The third kappa shape index (κ3) is 3.50. The molecule has 0 unspecified atom stereocenters. The average Bonchev–Trinajstić information content (AvgIpc) is 2.38. The Balaban J connectivity index is 2.37. The van der Waals surface area contributed by atoms with Gasteiger partial charge in [0, 0.05) is 0 Å². The van der Waals surface area contributed by atoms with Crippen LogP contribution in [0.4, 0.5) is 0 Å². The second-order valence-electron chi connectivity index (χ2n) is 5.71. The molecule has 0 fully saturated rings. The Hall–Kier alpha value is -1.50. The van der Waals surface area contributed by atoms with Gasteiger partial charge in [-0.15, -0.1) is 0 Å². The molecule has 19 heavy (non-hydrogen) atoms. The summed E-state index contributed by atoms with van der Waals surface area (Å²) >= 11 is 0. The number of hydrogen-bond donors (Lipinski definition) is 0. The van der Waals surface area contributed by atoms with Crippen molar-refractivity contribution >= 4 is 5.57 Å². The molecule has 0 heterocycles. The zero-order valence-corrected chi connectivity index (χ0v) is 12.4. The van der Waals surface area contributed by atoms with Crippen LogP contribution >= 0.6 is 0 Å². The van der Waals surface area contributed by atoms with Gasteiger partial charge in [-0.1, -0.05) is 44.2 Å². The van der Waals surface area contributed by atoms with Crippen LogP contribution in [0.3, 0.4) is 0 Å². The predicted molar refractivity (Wildman–Crippen MR) is 82.6 cm³/mol. The molecule has 2 rings (SSSR count). The maximum Gasteiger partial charge on any atom is 0.123 e. The predicted octanol–water partition coefficient (Wildman–Crippen LogP) is 5.33. The molecule has 1 aromatic rings. The van der Waals surface area contributed by atoms with Gasteiger partial charge >= 0.3 is 0 Å². The zero-order valence-electron chi connectivity index (χ0n) is 12.4. The lowest BCUT2D eigenvalue weighted by Crippen LogP contribution is -2.08. The maximum absolute atomic E-state index is 5.99. The highest BCUT2D eigenvalue weighted by Crippen LogP contribution is 2.32. The molecule has 0 spiro atoms. The van der Waals surface area contributed by atoms with Crippen LogP contribution in [0.1, 0.15) is 57.6 Å². The molecular formula is C18H24O. The summed E-state index contributed by atoms with van der Waals surface area (Å²) in [7, 11) is 0. The lowest BCUT2D eigenvalue weighted by Gasteiger charge is -2.18. The van der Waals surface area contributed by atoms with Gasteiger partial charge in [0.1, 0.15) is 5.75 Å². The van der Waals surface area contributed by atoms with Gasteiger partial charge in [0.2, 0.25) is 0 Å². The summed E-state index contributed by atoms with van der Waals surface area (Å²) in [6, 6.07) is 6.61. The minimum atomic E-state index is 0.212. The summed E-state index contributed by atoms with van der Waals surface area (Å²) in [5, 5.41) is 0. The van der Waals surface area contributed by atoms with Crippen LogP contribution in [0.5, 0.6) is 5.75 Å². The molecule has 0 aliphatic heterocycles. The first kappa shape index (κ1) is 13.9. The molecule has 0 amide bonds. The summed E-state index contributed by atoms with van der Waals surface area (Å²) in [5.41, 5.74) is 3.86. The first-order valence-corrected chi connectivity index (χ1v) is 7.25. The minimum absolute atomic E-state index is 0.212. The highest BCUT2D eigenvalue weighted by molar-refractivity contribution is 5.75. The van der Waals surface area contributed by atoms with Crippen LogP contribution in [-0.4, -0.2) is 6.10 Å². The summed E-state index contributed by atoms with van der Waals surface area (Å²) in [5.74, 6) is 1.51. The molecule has 1 heteroatoms. The van der Waals surface area contributed by atoms with Crippen molar-refractivity contribution < 1.29 is 4.74 Å². The van der Waals surface area contributed by atoms with E-state index in [0.29, 0.717) is 5.92 Å². The Kier molecular flexibility index (Phi) is 4.47. The monoisotopic (exact) mass is 256 g/mol. The first-order chi connectivity index (χ1) is 9.08. The van der Waals surface area contributed by atoms with Gasteiger partial charge in [-0.25, -0.2) is 0 Å². The Morgan fingerprint density at radius 2 is 1.84 bits per heavy atom. The average molecular weight is 256 g/mol. The fraction of sp³-hybridized carbons (Fsp3) is 0.444. The van der Waals surface area contributed by atoms with E-state index in [0.717, 1.165) is 18.6 Å². The van der Waals surface area contributed by atoms with E-state index in [4.69, 9.17) is 4.74 Å². The highest BCUT2D eigenvalue weighted by Gasteiger charge is 2.12. The summed E-state index contributed by atoms with van der Waals surface area (Å²) in [6.45, 7) is 8.58. The number of hydrogen-bond acceptors (Lipinski definition) is 1. The molecule has 1 aromatic carbocycles. The van der Waals surface area contributed by atoms with Crippen molar-refractivity contribution in [1.29, 1.82) is 0 Å². The molecule has 0 radical (unpaired) electrons. The van der Waals surface area contributed by atoms with Crippen molar-refractivity contribution in [3.63, 3.8) is 0 Å². The molecule has 0 N–H and O–H groups in total. The van der Waals surface area contributed by atoms with Crippen molar-refractivity contribution in [2.24, 2.45) is 0 Å². The molecule has 1 aliphatic rings. The van der Waals surface area contributed by atoms with E-state index in [1.165, 1.54) is 16.7 Å². The van der Waals surface area contributed by atoms with E-state index in [1.807, 2.05) is 0 Å². The molecule has 0 bridgehead atoms. The van der Waals surface area contributed by atoms with Crippen LogP contribution in [-0.2, 0) is 0 Å². The Morgan fingerprint density at radius 1 is 1.05 bits per heavy atom. The minimum Gasteiger partial charge on any atom is -0.491 e. The maximum atomic E-state index is 5.99. The lowest BCUT2D eigenvalue weighted by atomic mass is 9.95. The van der Waals surface area contributed by atoms with Gasteiger partial charge in [-0.3, -0.25) is 0 Å². The fourth-order valence-electron chi connectivity index (χ4n) is 2.37. The second-order valence-corrected chi connectivity index (χ2v) is 5.71. The number of benzene rings is 1. The van der Waals surface area contributed by atoms with Gasteiger partial charge in [0.05, 0.1) is 6.10 Å². The van der Waals surface area contributed by atoms with Gasteiger partial charge < -0.3 is 4.74 Å². The molecule has 102 valence electrons. The van der Waals surface area contributed by atoms with Crippen molar-refractivity contribution in [1.82, 2.24) is 0 Å². The molecule has 0 atom stereocenters. The van der Waals surface area contributed by atoms with Crippen LogP contribution in [0.2, 0.25) is 0 Å². The molecule has 1 nitrogen and oxygen atoms in total. The van der Waals surface area contributed by atoms with Gasteiger partial charge in [0.25, 0.3) is 0 Å². The quantitative estimate of drug-likeness (QED) is 0.707. The fourth-order valence-corrected chi connectivity index (χ4v) is 2.37. The van der Waals surface area contributed by atoms with E-state index >= 15 is 0 Å². The smallest absolute Gasteiger partial charge is 0.123 e. The Labute approximate surface area is 117 Å². The third-order valence-electron chi connectivity index (χ3n) is 3.33. The van der Waals surface area contributed by atoms with Gasteiger partial charge in [0.15, 0.2) is 0 Å². The Bertz CT molecular complexity index is 492. The molecule has 0 saturated heterocycles. The zero-order chi connectivity index (χ0) is 13.8.